The van der Waals surface area contributed by atoms with Crippen molar-refractivity contribution in [3.05, 3.63) is 45.4 Å². The highest BCUT2D eigenvalue weighted by Crippen LogP contribution is 2.23. The van der Waals surface area contributed by atoms with Crippen LogP contribution in [0.25, 0.3) is 0 Å². The third-order valence-corrected chi connectivity index (χ3v) is 4.78. The van der Waals surface area contributed by atoms with Crippen LogP contribution in [0.4, 0.5) is 5.69 Å². The zero-order valence-electron chi connectivity index (χ0n) is 15.2. The number of hydrogen-bond donors (Lipinski definition) is 2. The molecule has 1 aromatic heterocycles. The molecule has 0 aliphatic heterocycles. The summed E-state index contributed by atoms with van der Waals surface area (Å²) in [7, 11) is 0. The van der Waals surface area contributed by atoms with Crippen molar-refractivity contribution in [1.29, 1.82) is 0 Å². The number of aliphatic carboxylic acids is 1. The predicted octanol–water partition coefficient (Wildman–Crippen LogP) is 0.703. The molecule has 0 aliphatic carbocycles. The molecule has 0 aliphatic rings. The highest BCUT2D eigenvalue weighted by atomic mass is 32.2. The van der Waals surface area contributed by atoms with Crippen molar-refractivity contribution in [3.8, 4) is 0 Å². The number of anilines is 1. The van der Waals surface area contributed by atoms with Gasteiger partial charge in [-0.25, -0.2) is 0 Å². The number of carbonyl (C=O) groups is 2. The van der Waals surface area contributed by atoms with E-state index in [9.17, 15) is 19.5 Å². The minimum Gasteiger partial charge on any atom is -0.550 e. The number of aromatic amines is 1. The Kier molecular flexibility index (Phi) is 7.54. The quantitative estimate of drug-likeness (QED) is 0.604. The van der Waals surface area contributed by atoms with Gasteiger partial charge in [0.2, 0.25) is 5.91 Å². The molecule has 27 heavy (non-hydrogen) atoms. The van der Waals surface area contributed by atoms with E-state index in [2.05, 4.69) is 20.5 Å². The third-order valence-electron chi connectivity index (χ3n) is 3.91. The number of hydrogen-bond acceptors (Lipinski definition) is 7. The molecule has 0 saturated heterocycles. The maximum Gasteiger partial charge on any atom is 0.273 e. The second kappa shape index (κ2) is 9.86. The van der Waals surface area contributed by atoms with Crippen molar-refractivity contribution in [2.24, 2.45) is 0 Å². The lowest BCUT2D eigenvalue weighted by molar-refractivity contribution is -0.305. The number of rotatable bonds is 9. The number of amides is 1. The number of carboxylic acids is 1. The van der Waals surface area contributed by atoms with E-state index in [-0.39, 0.29) is 35.4 Å². The summed E-state index contributed by atoms with van der Waals surface area (Å²) >= 11 is 1.05. The van der Waals surface area contributed by atoms with Crippen molar-refractivity contribution >= 4 is 29.3 Å². The Morgan fingerprint density at radius 1 is 1.19 bits per heavy atom. The normalized spacial score (nSPS) is 10.6. The van der Waals surface area contributed by atoms with Crippen LogP contribution < -0.4 is 16.0 Å². The van der Waals surface area contributed by atoms with Crippen molar-refractivity contribution in [1.82, 2.24) is 15.2 Å². The van der Waals surface area contributed by atoms with Gasteiger partial charge in [0.05, 0.1) is 5.75 Å². The van der Waals surface area contributed by atoms with Crippen LogP contribution in [0.3, 0.4) is 0 Å². The molecule has 2 N–H and O–H groups in total. The molecule has 1 amide bonds. The monoisotopic (exact) mass is 389 g/mol. The maximum atomic E-state index is 12.3. The minimum absolute atomic E-state index is 0.0254. The van der Waals surface area contributed by atoms with E-state index in [1.165, 1.54) is 0 Å². The van der Waals surface area contributed by atoms with Crippen molar-refractivity contribution < 1.29 is 14.7 Å². The number of nitrogens with zero attached hydrogens (tertiary/aromatic N) is 2. The van der Waals surface area contributed by atoms with Crippen LogP contribution in [0.1, 0.15) is 37.1 Å². The van der Waals surface area contributed by atoms with Gasteiger partial charge in [-0.1, -0.05) is 43.8 Å². The van der Waals surface area contributed by atoms with E-state index in [0.717, 1.165) is 41.4 Å². The SMILES string of the molecule is CCc1cccc(CC)c1NC(=O)CSc1nnc(CCC(=O)[O-])c(=O)[nH]1. The number of para-hydroxylation sites is 1. The summed E-state index contributed by atoms with van der Waals surface area (Å²) in [6, 6.07) is 5.94. The van der Waals surface area contributed by atoms with E-state index in [1.54, 1.807) is 0 Å². The Hall–Kier alpha value is -2.68. The van der Waals surface area contributed by atoms with Crippen molar-refractivity contribution in [2.75, 3.05) is 11.1 Å². The number of aromatic nitrogens is 3. The fraction of sp³-hybridized carbons (Fsp3) is 0.389. The fourth-order valence-corrected chi connectivity index (χ4v) is 3.11. The second-order valence-electron chi connectivity index (χ2n) is 5.77. The first kappa shape index (κ1) is 20.6. The van der Waals surface area contributed by atoms with Gasteiger partial charge in [0.1, 0.15) is 5.69 Å². The molecule has 144 valence electrons. The van der Waals surface area contributed by atoms with Crippen molar-refractivity contribution in [2.45, 2.75) is 44.7 Å². The molecule has 2 aromatic rings. The highest BCUT2D eigenvalue weighted by Gasteiger charge is 2.12. The largest absolute Gasteiger partial charge is 0.550 e. The summed E-state index contributed by atoms with van der Waals surface area (Å²) < 4.78 is 0. The molecule has 2 rings (SSSR count). The summed E-state index contributed by atoms with van der Waals surface area (Å²) in [5.74, 6) is -1.41. The first-order chi connectivity index (χ1) is 12.9. The van der Waals surface area contributed by atoms with Gasteiger partial charge >= 0.3 is 0 Å². The van der Waals surface area contributed by atoms with Crippen LogP contribution in [0, 0.1) is 0 Å². The summed E-state index contributed by atoms with van der Waals surface area (Å²) in [5.41, 5.74) is 2.48. The molecule has 0 fully saturated rings. The smallest absolute Gasteiger partial charge is 0.273 e. The van der Waals surface area contributed by atoms with Crippen LogP contribution >= 0.6 is 11.8 Å². The number of benzene rings is 1. The van der Waals surface area contributed by atoms with Gasteiger partial charge in [-0.15, -0.1) is 10.2 Å². The first-order valence-corrected chi connectivity index (χ1v) is 9.62. The average Bonchev–Trinajstić information content (AvgIpc) is 2.65. The zero-order valence-corrected chi connectivity index (χ0v) is 16.0. The van der Waals surface area contributed by atoms with Gasteiger partial charge in [0, 0.05) is 18.1 Å². The van der Waals surface area contributed by atoms with E-state index in [4.69, 9.17) is 0 Å². The third kappa shape index (κ3) is 5.92. The number of carboxylic acid groups (broad SMARTS) is 1. The van der Waals surface area contributed by atoms with Crippen molar-refractivity contribution in [3.63, 3.8) is 0 Å². The molecule has 0 spiro atoms. The van der Waals surface area contributed by atoms with Crippen LogP contribution in [0.2, 0.25) is 0 Å². The molecular formula is C18H21N4O4S-. The molecule has 0 unspecified atom stereocenters. The highest BCUT2D eigenvalue weighted by molar-refractivity contribution is 7.99. The molecule has 1 aromatic carbocycles. The molecular weight excluding hydrogens is 368 g/mol. The molecule has 0 atom stereocenters. The summed E-state index contributed by atoms with van der Waals surface area (Å²) in [4.78, 5) is 37.1. The zero-order chi connectivity index (χ0) is 19.8. The van der Waals surface area contributed by atoms with Crippen LogP contribution in [-0.2, 0) is 28.9 Å². The van der Waals surface area contributed by atoms with Gasteiger partial charge < -0.3 is 15.2 Å². The van der Waals surface area contributed by atoms with E-state index >= 15 is 0 Å². The standard InChI is InChI=1S/C18H22N4O4S/c1-3-11-6-5-7-12(4-2)16(11)19-14(23)10-27-18-20-17(26)13(21-22-18)8-9-15(24)25/h5-7H,3-4,8-10H2,1-2H3,(H,19,23)(H,24,25)(H,20,22,26)/p-1. The molecule has 0 saturated carbocycles. The Balaban J connectivity index is 1.99. The minimum atomic E-state index is -1.26. The van der Waals surface area contributed by atoms with Crippen LogP contribution in [-0.4, -0.2) is 32.8 Å². The maximum absolute atomic E-state index is 12.3. The molecule has 0 bridgehead atoms. The average molecular weight is 389 g/mol. The van der Waals surface area contributed by atoms with Gasteiger partial charge in [-0.05, 0) is 30.4 Å². The van der Waals surface area contributed by atoms with Crippen LogP contribution in [0.5, 0.6) is 0 Å². The van der Waals surface area contributed by atoms with E-state index < -0.39 is 11.5 Å². The van der Waals surface area contributed by atoms with Gasteiger partial charge in [-0.3, -0.25) is 14.6 Å². The fourth-order valence-electron chi connectivity index (χ4n) is 2.51. The number of aryl methyl sites for hydroxylation is 3. The van der Waals surface area contributed by atoms with Crippen LogP contribution in [0.15, 0.2) is 28.2 Å². The topological polar surface area (TPSA) is 128 Å². The second-order valence-corrected chi connectivity index (χ2v) is 6.74. The molecule has 8 nitrogen and oxygen atoms in total. The Morgan fingerprint density at radius 3 is 2.41 bits per heavy atom. The predicted molar refractivity (Wildman–Crippen MR) is 101 cm³/mol. The molecule has 9 heteroatoms. The lowest BCUT2D eigenvalue weighted by Crippen LogP contribution is -2.25. The molecule has 1 heterocycles. The van der Waals surface area contributed by atoms with Gasteiger partial charge in [0.15, 0.2) is 5.16 Å². The number of H-pyrrole nitrogens is 1. The van der Waals surface area contributed by atoms with E-state index in [1.807, 2.05) is 32.0 Å². The number of carbonyl (C=O) groups excluding carboxylic acids is 2. The van der Waals surface area contributed by atoms with E-state index in [0.29, 0.717) is 0 Å². The Bertz CT molecular complexity index is 860. The number of nitrogens with one attached hydrogen (secondary N) is 2. The summed E-state index contributed by atoms with van der Waals surface area (Å²) in [6.07, 6.45) is 1.26. The number of thioether (sulfide) groups is 1. The van der Waals surface area contributed by atoms with Gasteiger partial charge in [0.25, 0.3) is 5.56 Å². The Labute approximate surface area is 160 Å². The first-order valence-electron chi connectivity index (χ1n) is 8.63. The summed E-state index contributed by atoms with van der Waals surface area (Å²) in [6.45, 7) is 4.06. The lowest BCUT2D eigenvalue weighted by Gasteiger charge is -2.14. The Morgan fingerprint density at radius 2 is 1.85 bits per heavy atom. The summed E-state index contributed by atoms with van der Waals surface area (Å²) in [5, 5.41) is 21.1. The lowest BCUT2D eigenvalue weighted by atomic mass is 10.0. The molecule has 0 radical (unpaired) electrons. The van der Waals surface area contributed by atoms with Gasteiger partial charge in [-0.2, -0.15) is 0 Å².